The fourth-order valence-corrected chi connectivity index (χ4v) is 4.31. The van der Waals surface area contributed by atoms with Gasteiger partial charge in [-0.2, -0.15) is 0 Å². The van der Waals surface area contributed by atoms with Crippen molar-refractivity contribution in [1.82, 2.24) is 4.90 Å². The van der Waals surface area contributed by atoms with E-state index >= 15 is 0 Å². The lowest BCUT2D eigenvalue weighted by atomic mass is 9.98. The Morgan fingerprint density at radius 1 is 0.943 bits per heavy atom. The van der Waals surface area contributed by atoms with Crippen molar-refractivity contribution in [2.45, 2.75) is 71.8 Å². The van der Waals surface area contributed by atoms with Crippen LogP contribution in [0.5, 0.6) is 5.75 Å². The number of carbonyl (C=O) groups is 1. The Kier molecular flexibility index (Phi) is 10.8. The summed E-state index contributed by atoms with van der Waals surface area (Å²) in [5, 5.41) is 11.4. The standard InChI is InChI=1S/C30H41NO4/c1-4-7-13-28-29(26-12-10-11-14-27(26)35-28)30(33)23-15-17-25(18-16-23)34-22-24(32)21-31(19-8-5-2)20-9-6-3/h10-12,14-18,24,32H,4-9,13,19-22H2,1-3H3. The van der Waals surface area contributed by atoms with Crippen LogP contribution in [0, 0.1) is 0 Å². The van der Waals surface area contributed by atoms with E-state index < -0.39 is 6.10 Å². The van der Waals surface area contributed by atoms with Gasteiger partial charge in [0.25, 0.3) is 0 Å². The average molecular weight is 480 g/mol. The van der Waals surface area contributed by atoms with E-state index in [0.717, 1.165) is 74.8 Å². The van der Waals surface area contributed by atoms with Crippen molar-refractivity contribution in [1.29, 1.82) is 0 Å². The van der Waals surface area contributed by atoms with Crippen LogP contribution in [0.2, 0.25) is 0 Å². The molecule has 2 aromatic carbocycles. The number of unbranched alkanes of at least 4 members (excludes halogenated alkanes) is 3. The number of hydrogen-bond donors (Lipinski definition) is 1. The summed E-state index contributed by atoms with van der Waals surface area (Å²) in [6, 6.07) is 14.9. The number of nitrogens with zero attached hydrogens (tertiary/aromatic N) is 1. The first-order chi connectivity index (χ1) is 17.1. The minimum Gasteiger partial charge on any atom is -0.491 e. The number of aliphatic hydroxyl groups excluding tert-OH is 1. The van der Waals surface area contributed by atoms with Gasteiger partial charge < -0.3 is 19.2 Å². The van der Waals surface area contributed by atoms with Gasteiger partial charge in [-0.05, 0) is 62.7 Å². The quantitative estimate of drug-likeness (QED) is 0.233. The van der Waals surface area contributed by atoms with Crippen LogP contribution in [0.1, 0.15) is 81.0 Å². The topological polar surface area (TPSA) is 62.9 Å². The predicted octanol–water partition coefficient (Wildman–Crippen LogP) is 6.65. The number of fused-ring (bicyclic) bond motifs is 1. The molecule has 0 aliphatic carbocycles. The summed E-state index contributed by atoms with van der Waals surface area (Å²) in [6.45, 7) is 9.37. The van der Waals surface area contributed by atoms with Crippen molar-refractivity contribution in [3.8, 4) is 5.75 Å². The van der Waals surface area contributed by atoms with Crippen molar-refractivity contribution < 1.29 is 19.1 Å². The van der Waals surface area contributed by atoms with Crippen molar-refractivity contribution in [3.63, 3.8) is 0 Å². The second kappa shape index (κ2) is 14.1. The van der Waals surface area contributed by atoms with E-state index in [0.29, 0.717) is 23.4 Å². The Morgan fingerprint density at radius 3 is 2.26 bits per heavy atom. The van der Waals surface area contributed by atoms with Gasteiger partial charge in [0.1, 0.15) is 29.8 Å². The lowest BCUT2D eigenvalue weighted by molar-refractivity contribution is 0.0671. The fraction of sp³-hybridized carbons (Fsp3) is 0.500. The van der Waals surface area contributed by atoms with Crippen LogP contribution in [-0.4, -0.2) is 48.1 Å². The highest BCUT2D eigenvalue weighted by molar-refractivity contribution is 6.16. The minimum absolute atomic E-state index is 0.0323. The van der Waals surface area contributed by atoms with Gasteiger partial charge >= 0.3 is 0 Å². The normalized spacial score (nSPS) is 12.4. The highest BCUT2D eigenvalue weighted by atomic mass is 16.5. The van der Waals surface area contributed by atoms with Gasteiger partial charge in [-0.3, -0.25) is 4.79 Å². The van der Waals surface area contributed by atoms with Gasteiger partial charge in [0, 0.05) is 23.9 Å². The molecule has 0 fully saturated rings. The van der Waals surface area contributed by atoms with E-state index in [9.17, 15) is 9.90 Å². The first-order valence-corrected chi connectivity index (χ1v) is 13.3. The SMILES string of the molecule is CCCCc1oc2ccccc2c1C(=O)c1ccc(OCC(O)CN(CCCC)CCCC)cc1. The van der Waals surface area contributed by atoms with Gasteiger partial charge in [0.15, 0.2) is 5.78 Å². The minimum atomic E-state index is -0.552. The van der Waals surface area contributed by atoms with Crippen LogP contribution < -0.4 is 4.74 Å². The van der Waals surface area contributed by atoms with Crippen LogP contribution in [0.3, 0.4) is 0 Å². The molecule has 5 heteroatoms. The zero-order valence-corrected chi connectivity index (χ0v) is 21.6. The number of aliphatic hydroxyl groups is 1. The molecule has 190 valence electrons. The molecular weight excluding hydrogens is 438 g/mol. The smallest absolute Gasteiger partial charge is 0.197 e. The van der Waals surface area contributed by atoms with Gasteiger partial charge in [-0.25, -0.2) is 0 Å². The molecule has 3 rings (SSSR count). The molecule has 0 aliphatic rings. The fourth-order valence-electron chi connectivity index (χ4n) is 4.31. The summed E-state index contributed by atoms with van der Waals surface area (Å²) in [4.78, 5) is 15.8. The molecule has 0 saturated carbocycles. The zero-order valence-electron chi connectivity index (χ0n) is 21.6. The number of ketones is 1. The number of benzene rings is 2. The Bertz CT molecular complexity index is 1030. The second-order valence-electron chi connectivity index (χ2n) is 9.33. The van der Waals surface area contributed by atoms with E-state index in [-0.39, 0.29) is 12.4 Å². The molecule has 0 amide bonds. The highest BCUT2D eigenvalue weighted by Gasteiger charge is 2.21. The molecule has 0 radical (unpaired) electrons. The molecular formula is C30H41NO4. The third-order valence-electron chi connectivity index (χ3n) is 6.34. The lowest BCUT2D eigenvalue weighted by Crippen LogP contribution is -2.36. The van der Waals surface area contributed by atoms with E-state index in [4.69, 9.17) is 9.15 Å². The van der Waals surface area contributed by atoms with Crippen molar-refractivity contribution in [2.24, 2.45) is 0 Å². The number of para-hydroxylation sites is 1. The molecule has 0 spiro atoms. The van der Waals surface area contributed by atoms with Gasteiger partial charge in [0.05, 0.1) is 5.56 Å². The van der Waals surface area contributed by atoms with Gasteiger partial charge in [0.2, 0.25) is 0 Å². The Morgan fingerprint density at radius 2 is 1.60 bits per heavy atom. The summed E-state index contributed by atoms with van der Waals surface area (Å²) >= 11 is 0. The monoisotopic (exact) mass is 479 g/mol. The van der Waals surface area contributed by atoms with E-state index in [1.165, 1.54) is 0 Å². The number of furan rings is 1. The molecule has 3 aromatic rings. The van der Waals surface area contributed by atoms with Crippen LogP contribution in [0.25, 0.3) is 11.0 Å². The maximum atomic E-state index is 13.4. The van der Waals surface area contributed by atoms with Crippen molar-refractivity contribution >= 4 is 16.8 Å². The van der Waals surface area contributed by atoms with Gasteiger partial charge in [-0.15, -0.1) is 0 Å². The van der Waals surface area contributed by atoms with E-state index in [1.54, 1.807) is 24.3 Å². The molecule has 1 N–H and O–H groups in total. The predicted molar refractivity (Wildman–Crippen MR) is 142 cm³/mol. The molecule has 1 aromatic heterocycles. The first-order valence-electron chi connectivity index (χ1n) is 13.3. The molecule has 0 saturated heterocycles. The summed E-state index contributed by atoms with van der Waals surface area (Å²) < 4.78 is 11.9. The number of hydrogen-bond acceptors (Lipinski definition) is 5. The van der Waals surface area contributed by atoms with Crippen LogP contribution in [0.4, 0.5) is 0 Å². The summed E-state index contributed by atoms with van der Waals surface area (Å²) in [5.74, 6) is 1.38. The Balaban J connectivity index is 1.63. The zero-order chi connectivity index (χ0) is 25.0. The second-order valence-corrected chi connectivity index (χ2v) is 9.33. The highest BCUT2D eigenvalue weighted by Crippen LogP contribution is 2.29. The Labute approximate surface area is 210 Å². The summed E-state index contributed by atoms with van der Waals surface area (Å²) in [6.07, 6.45) is 6.78. The maximum Gasteiger partial charge on any atom is 0.197 e. The van der Waals surface area contributed by atoms with Crippen LogP contribution in [0.15, 0.2) is 52.9 Å². The third-order valence-corrected chi connectivity index (χ3v) is 6.34. The van der Waals surface area contributed by atoms with E-state index in [1.807, 2.05) is 24.3 Å². The van der Waals surface area contributed by atoms with Crippen molar-refractivity contribution in [2.75, 3.05) is 26.2 Å². The first kappa shape index (κ1) is 27.0. The summed E-state index contributed by atoms with van der Waals surface area (Å²) in [5.41, 5.74) is 2.02. The molecule has 0 aliphatic heterocycles. The molecule has 0 bridgehead atoms. The molecule has 1 unspecified atom stereocenters. The maximum absolute atomic E-state index is 13.4. The average Bonchev–Trinajstić information content (AvgIpc) is 3.26. The molecule has 1 heterocycles. The summed E-state index contributed by atoms with van der Waals surface area (Å²) in [7, 11) is 0. The lowest BCUT2D eigenvalue weighted by Gasteiger charge is -2.25. The number of rotatable bonds is 16. The van der Waals surface area contributed by atoms with Crippen LogP contribution in [-0.2, 0) is 6.42 Å². The largest absolute Gasteiger partial charge is 0.491 e. The third kappa shape index (κ3) is 7.68. The Hall–Kier alpha value is -2.63. The number of ether oxygens (including phenoxy) is 1. The number of aryl methyl sites for hydroxylation is 1. The molecule has 1 atom stereocenters. The van der Waals surface area contributed by atoms with E-state index in [2.05, 4.69) is 25.7 Å². The molecule has 35 heavy (non-hydrogen) atoms. The van der Waals surface area contributed by atoms with Crippen molar-refractivity contribution in [3.05, 3.63) is 65.4 Å². The number of carbonyl (C=O) groups excluding carboxylic acids is 1. The molecule has 5 nitrogen and oxygen atoms in total. The van der Waals surface area contributed by atoms with Crippen LogP contribution >= 0.6 is 0 Å². The van der Waals surface area contributed by atoms with Gasteiger partial charge in [-0.1, -0.05) is 58.2 Å².